The lowest BCUT2D eigenvalue weighted by atomic mass is 10.1. The van der Waals surface area contributed by atoms with E-state index in [0.29, 0.717) is 6.42 Å². The molecule has 1 amide bonds. The molecule has 0 aliphatic heterocycles. The zero-order valence-corrected chi connectivity index (χ0v) is 12.9. The number of benzene rings is 1. The number of ether oxygens (including phenoxy) is 1. The third-order valence-corrected chi connectivity index (χ3v) is 3.24. The molecule has 21 heavy (non-hydrogen) atoms. The van der Waals surface area contributed by atoms with Gasteiger partial charge in [0.2, 0.25) is 5.91 Å². The van der Waals surface area contributed by atoms with Crippen molar-refractivity contribution < 1.29 is 14.3 Å². The fourth-order valence-electron chi connectivity index (χ4n) is 2.05. The molecule has 1 aromatic rings. The first-order valence-electron chi connectivity index (χ1n) is 7.42. The van der Waals surface area contributed by atoms with Crippen LogP contribution < -0.4 is 5.32 Å². The molecule has 1 aliphatic carbocycles. The van der Waals surface area contributed by atoms with Crippen LogP contribution in [0.1, 0.15) is 39.2 Å². The fraction of sp³-hybridized carbons (Fsp3) is 0.529. The van der Waals surface area contributed by atoms with E-state index in [1.54, 1.807) is 0 Å². The molecular weight excluding hydrogens is 266 g/mol. The van der Waals surface area contributed by atoms with Gasteiger partial charge in [-0.25, -0.2) is 4.79 Å². The van der Waals surface area contributed by atoms with Crippen molar-refractivity contribution in [3.63, 3.8) is 0 Å². The van der Waals surface area contributed by atoms with Crippen LogP contribution in [0.3, 0.4) is 0 Å². The summed E-state index contributed by atoms with van der Waals surface area (Å²) in [6, 6.07) is 9.03. The lowest BCUT2D eigenvalue weighted by Crippen LogP contribution is -2.46. The lowest BCUT2D eigenvalue weighted by Gasteiger charge is -2.24. The highest BCUT2D eigenvalue weighted by atomic mass is 16.6. The number of amides is 1. The zero-order valence-electron chi connectivity index (χ0n) is 12.9. The quantitative estimate of drug-likeness (QED) is 0.847. The molecule has 0 bridgehead atoms. The molecule has 4 nitrogen and oxygen atoms in total. The van der Waals surface area contributed by atoms with E-state index >= 15 is 0 Å². The standard InChI is InChI=1S/C17H23NO3/c1-17(2,3)21-16(20)14(18-15(19)13-9-10-13)11-12-7-5-4-6-8-12/h4-8,13-14H,9-11H2,1-3H3,(H,18,19)/t14-/m0/s1. The maximum absolute atomic E-state index is 12.3. The van der Waals surface area contributed by atoms with E-state index < -0.39 is 11.6 Å². The summed E-state index contributed by atoms with van der Waals surface area (Å²) in [6.45, 7) is 5.48. The number of carbonyl (C=O) groups excluding carboxylic acids is 2. The molecule has 1 saturated carbocycles. The highest BCUT2D eigenvalue weighted by Gasteiger charge is 2.34. The molecule has 0 saturated heterocycles. The van der Waals surface area contributed by atoms with Crippen molar-refractivity contribution in [2.24, 2.45) is 5.92 Å². The predicted molar refractivity (Wildman–Crippen MR) is 80.6 cm³/mol. The molecular formula is C17H23NO3. The second-order valence-corrected chi connectivity index (χ2v) is 6.56. The summed E-state index contributed by atoms with van der Waals surface area (Å²) in [5, 5.41) is 2.84. The fourth-order valence-corrected chi connectivity index (χ4v) is 2.05. The summed E-state index contributed by atoms with van der Waals surface area (Å²) < 4.78 is 5.42. The minimum absolute atomic E-state index is 0.0400. The molecule has 0 unspecified atom stereocenters. The topological polar surface area (TPSA) is 55.4 Å². The van der Waals surface area contributed by atoms with Crippen LogP contribution in [0.4, 0.5) is 0 Å². The van der Waals surface area contributed by atoms with E-state index in [1.807, 2.05) is 51.1 Å². The zero-order chi connectivity index (χ0) is 15.5. The van der Waals surface area contributed by atoms with Gasteiger partial charge in [-0.3, -0.25) is 4.79 Å². The molecule has 1 fully saturated rings. The minimum atomic E-state index is -0.625. The van der Waals surface area contributed by atoms with Crippen molar-refractivity contribution in [1.82, 2.24) is 5.32 Å². The Kier molecular flexibility index (Phi) is 4.66. The van der Waals surface area contributed by atoms with Crippen LogP contribution in [0.25, 0.3) is 0 Å². The van der Waals surface area contributed by atoms with Gasteiger partial charge < -0.3 is 10.1 Å². The lowest BCUT2D eigenvalue weighted by molar-refractivity contribution is -0.158. The van der Waals surface area contributed by atoms with E-state index in [9.17, 15) is 9.59 Å². The maximum atomic E-state index is 12.3. The van der Waals surface area contributed by atoms with E-state index in [4.69, 9.17) is 4.74 Å². The van der Waals surface area contributed by atoms with Crippen molar-refractivity contribution in [1.29, 1.82) is 0 Å². The Bertz CT molecular complexity index is 501. The Morgan fingerprint density at radius 2 is 1.86 bits per heavy atom. The summed E-state index contributed by atoms with van der Waals surface area (Å²) in [5.74, 6) is -0.340. The number of carbonyl (C=O) groups is 2. The summed E-state index contributed by atoms with van der Waals surface area (Å²) in [4.78, 5) is 24.3. The second kappa shape index (κ2) is 6.29. The molecule has 1 atom stereocenters. The number of nitrogens with one attached hydrogen (secondary N) is 1. The Balaban J connectivity index is 2.05. The van der Waals surface area contributed by atoms with Crippen molar-refractivity contribution in [2.45, 2.75) is 51.7 Å². The van der Waals surface area contributed by atoms with Crippen molar-refractivity contribution in [2.75, 3.05) is 0 Å². The van der Waals surface area contributed by atoms with Crippen LogP contribution in [-0.4, -0.2) is 23.5 Å². The van der Waals surface area contributed by atoms with Crippen LogP contribution in [0.2, 0.25) is 0 Å². The van der Waals surface area contributed by atoms with Gasteiger partial charge >= 0.3 is 5.97 Å². The van der Waals surface area contributed by atoms with Crippen LogP contribution in [0.15, 0.2) is 30.3 Å². The van der Waals surface area contributed by atoms with Crippen molar-refractivity contribution in [3.05, 3.63) is 35.9 Å². The molecule has 2 rings (SSSR count). The number of esters is 1. The SMILES string of the molecule is CC(C)(C)OC(=O)[C@H](Cc1ccccc1)NC(=O)C1CC1. The second-order valence-electron chi connectivity index (χ2n) is 6.56. The third-order valence-electron chi connectivity index (χ3n) is 3.24. The summed E-state index contributed by atoms with van der Waals surface area (Å²) in [5.41, 5.74) is 0.445. The first-order valence-corrected chi connectivity index (χ1v) is 7.42. The summed E-state index contributed by atoms with van der Waals surface area (Å²) >= 11 is 0. The van der Waals surface area contributed by atoms with E-state index in [-0.39, 0.29) is 17.8 Å². The normalized spacial score (nSPS) is 16.1. The minimum Gasteiger partial charge on any atom is -0.458 e. The van der Waals surface area contributed by atoms with Gasteiger partial charge in [0.25, 0.3) is 0 Å². The first kappa shape index (κ1) is 15.5. The first-order chi connectivity index (χ1) is 9.85. The summed E-state index contributed by atoms with van der Waals surface area (Å²) in [7, 11) is 0. The summed E-state index contributed by atoms with van der Waals surface area (Å²) in [6.07, 6.45) is 2.28. The monoisotopic (exact) mass is 289 g/mol. The van der Waals surface area contributed by atoms with Gasteiger partial charge in [0.1, 0.15) is 11.6 Å². The van der Waals surface area contributed by atoms with Gasteiger partial charge in [0.15, 0.2) is 0 Å². The van der Waals surface area contributed by atoms with Gasteiger partial charge in [-0.1, -0.05) is 30.3 Å². The highest BCUT2D eigenvalue weighted by molar-refractivity contribution is 5.87. The van der Waals surface area contributed by atoms with E-state index in [0.717, 1.165) is 18.4 Å². The van der Waals surface area contributed by atoms with Gasteiger partial charge in [-0.2, -0.15) is 0 Å². The van der Waals surface area contributed by atoms with Crippen LogP contribution in [0, 0.1) is 5.92 Å². The average Bonchev–Trinajstić information content (AvgIpc) is 3.21. The van der Waals surface area contributed by atoms with Crippen molar-refractivity contribution >= 4 is 11.9 Å². The molecule has 0 heterocycles. The van der Waals surface area contributed by atoms with Crippen LogP contribution in [-0.2, 0) is 20.7 Å². The number of hydrogen-bond donors (Lipinski definition) is 1. The van der Waals surface area contributed by atoms with E-state index in [2.05, 4.69) is 5.32 Å². The van der Waals surface area contributed by atoms with Gasteiger partial charge in [0, 0.05) is 12.3 Å². The molecule has 0 radical (unpaired) electrons. The highest BCUT2D eigenvalue weighted by Crippen LogP contribution is 2.29. The Morgan fingerprint density at radius 1 is 1.24 bits per heavy atom. The van der Waals surface area contributed by atoms with Gasteiger partial charge in [-0.15, -0.1) is 0 Å². The Morgan fingerprint density at radius 3 is 2.38 bits per heavy atom. The Hall–Kier alpha value is -1.84. The van der Waals surface area contributed by atoms with Gasteiger partial charge in [-0.05, 0) is 39.2 Å². The molecule has 1 N–H and O–H groups in total. The third kappa shape index (κ3) is 5.21. The predicted octanol–water partition coefficient (Wildman–Crippen LogP) is 2.47. The largest absolute Gasteiger partial charge is 0.458 e. The average molecular weight is 289 g/mol. The van der Waals surface area contributed by atoms with E-state index in [1.165, 1.54) is 0 Å². The van der Waals surface area contributed by atoms with Crippen molar-refractivity contribution in [3.8, 4) is 0 Å². The maximum Gasteiger partial charge on any atom is 0.329 e. The molecule has 1 aromatic carbocycles. The smallest absolute Gasteiger partial charge is 0.329 e. The molecule has 1 aliphatic rings. The van der Waals surface area contributed by atoms with Crippen LogP contribution >= 0.6 is 0 Å². The molecule has 0 aromatic heterocycles. The molecule has 114 valence electrons. The number of rotatable bonds is 5. The Labute approximate surface area is 125 Å². The molecule has 0 spiro atoms. The van der Waals surface area contributed by atoms with Gasteiger partial charge in [0.05, 0.1) is 0 Å². The number of hydrogen-bond acceptors (Lipinski definition) is 3. The van der Waals surface area contributed by atoms with Crippen LogP contribution in [0.5, 0.6) is 0 Å². The molecule has 4 heteroatoms.